The van der Waals surface area contributed by atoms with Gasteiger partial charge in [-0.15, -0.1) is 0 Å². The van der Waals surface area contributed by atoms with E-state index in [4.69, 9.17) is 4.74 Å². The van der Waals surface area contributed by atoms with Gasteiger partial charge in [-0.05, 0) is 56.7 Å². The van der Waals surface area contributed by atoms with Gasteiger partial charge >= 0.3 is 0 Å². The minimum absolute atomic E-state index is 0.0262. The molecule has 0 radical (unpaired) electrons. The zero-order valence-electron chi connectivity index (χ0n) is 16.1. The minimum Gasteiger partial charge on any atom is -0.375 e. The van der Waals surface area contributed by atoms with Crippen molar-refractivity contribution in [1.82, 2.24) is 9.21 Å². The van der Waals surface area contributed by atoms with Crippen LogP contribution in [0.2, 0.25) is 0 Å². The summed E-state index contributed by atoms with van der Waals surface area (Å²) in [4.78, 5) is 14.4. The molecular weight excluding hydrogens is 383 g/mol. The van der Waals surface area contributed by atoms with Crippen LogP contribution in [-0.2, 0) is 14.8 Å². The van der Waals surface area contributed by atoms with E-state index < -0.39 is 15.8 Å². The molecule has 2 aliphatic heterocycles. The summed E-state index contributed by atoms with van der Waals surface area (Å²) in [6, 6.07) is 5.87. The van der Waals surface area contributed by atoms with Crippen LogP contribution in [0.25, 0.3) is 0 Å². The highest BCUT2D eigenvalue weighted by Crippen LogP contribution is 2.41. The fraction of sp³-hybridized carbons (Fsp3) is 0.650. The molecule has 8 heteroatoms. The van der Waals surface area contributed by atoms with Crippen molar-refractivity contribution in [3.63, 3.8) is 0 Å². The largest absolute Gasteiger partial charge is 0.375 e. The molecule has 1 atom stereocenters. The number of piperidine rings is 1. The Labute approximate surface area is 165 Å². The normalized spacial score (nSPS) is 25.2. The summed E-state index contributed by atoms with van der Waals surface area (Å²) in [5.41, 5.74) is -0.0187. The predicted octanol–water partition coefficient (Wildman–Crippen LogP) is 2.40. The van der Waals surface area contributed by atoms with E-state index in [1.54, 1.807) is 21.3 Å². The first-order chi connectivity index (χ1) is 13.3. The fourth-order valence-electron chi connectivity index (χ4n) is 4.66. The lowest BCUT2D eigenvalue weighted by atomic mass is 9.82. The van der Waals surface area contributed by atoms with Gasteiger partial charge in [-0.2, -0.15) is 4.31 Å². The Morgan fingerprint density at radius 1 is 1.21 bits per heavy atom. The zero-order valence-corrected chi connectivity index (χ0v) is 17.0. The van der Waals surface area contributed by atoms with Crippen LogP contribution < -0.4 is 0 Å². The van der Waals surface area contributed by atoms with Gasteiger partial charge in [0.2, 0.25) is 10.0 Å². The second-order valence-corrected chi connectivity index (χ2v) is 10.2. The third-order valence-electron chi connectivity index (χ3n) is 6.15. The Bertz CT molecular complexity index is 848. The molecule has 3 aliphatic rings. The van der Waals surface area contributed by atoms with Crippen LogP contribution in [0, 0.1) is 5.82 Å². The van der Waals surface area contributed by atoms with Crippen molar-refractivity contribution in [2.24, 2.45) is 0 Å². The molecule has 0 N–H and O–H groups in total. The molecule has 3 fully saturated rings. The number of ether oxygens (including phenoxy) is 1. The van der Waals surface area contributed by atoms with Crippen molar-refractivity contribution in [3.05, 3.63) is 35.6 Å². The van der Waals surface area contributed by atoms with Crippen LogP contribution in [-0.4, -0.2) is 67.2 Å². The molecule has 2 saturated heterocycles. The molecule has 2 heterocycles. The van der Waals surface area contributed by atoms with Crippen LogP contribution in [0.5, 0.6) is 0 Å². The zero-order chi connectivity index (χ0) is 19.9. The molecule has 154 valence electrons. The first-order valence-corrected chi connectivity index (χ1v) is 11.8. The average Bonchev–Trinajstić information content (AvgIpc) is 3.46. The standard InChI is InChI=1S/C20H27FN2O4S/c1-28(25,26)23(17-5-6-17)18-7-12-27-20(14-18)8-10-22(11-9-20)19(24)15-3-2-4-16(21)13-15/h2-4,13,17-18H,5-12,14H2,1H3. The van der Waals surface area contributed by atoms with Gasteiger partial charge in [-0.1, -0.05) is 6.07 Å². The van der Waals surface area contributed by atoms with Gasteiger partial charge in [0.1, 0.15) is 5.82 Å². The highest BCUT2D eigenvalue weighted by Gasteiger charge is 2.47. The Morgan fingerprint density at radius 3 is 2.54 bits per heavy atom. The molecule has 1 aromatic rings. The van der Waals surface area contributed by atoms with Crippen molar-refractivity contribution in [2.75, 3.05) is 26.0 Å². The highest BCUT2D eigenvalue weighted by molar-refractivity contribution is 7.88. The molecule has 1 amide bonds. The number of amides is 1. The van der Waals surface area contributed by atoms with Gasteiger partial charge in [0.05, 0.1) is 11.9 Å². The van der Waals surface area contributed by atoms with Crippen molar-refractivity contribution in [1.29, 1.82) is 0 Å². The second kappa shape index (κ2) is 7.39. The molecule has 0 bridgehead atoms. The average molecular weight is 411 g/mol. The summed E-state index contributed by atoms with van der Waals surface area (Å²) >= 11 is 0. The Morgan fingerprint density at radius 2 is 1.93 bits per heavy atom. The van der Waals surface area contributed by atoms with Gasteiger partial charge in [0.15, 0.2) is 0 Å². The summed E-state index contributed by atoms with van der Waals surface area (Å²) < 4.78 is 45.9. The number of hydrogen-bond acceptors (Lipinski definition) is 4. The third-order valence-corrected chi connectivity index (χ3v) is 7.51. The van der Waals surface area contributed by atoms with Crippen molar-refractivity contribution in [3.8, 4) is 0 Å². The predicted molar refractivity (Wildman–Crippen MR) is 103 cm³/mol. The molecule has 0 aromatic heterocycles. The number of halogens is 1. The summed E-state index contributed by atoms with van der Waals surface area (Å²) in [6.45, 7) is 1.61. The lowest BCUT2D eigenvalue weighted by Crippen LogP contribution is -2.55. The quantitative estimate of drug-likeness (QED) is 0.765. The SMILES string of the molecule is CS(=O)(=O)N(C1CC1)C1CCOC2(CCN(C(=O)c3cccc(F)c3)CC2)C1. The first kappa shape index (κ1) is 19.8. The minimum atomic E-state index is -3.24. The lowest BCUT2D eigenvalue weighted by Gasteiger charge is -2.48. The molecule has 28 heavy (non-hydrogen) atoms. The van der Waals surface area contributed by atoms with Crippen molar-refractivity contribution < 1.29 is 22.3 Å². The summed E-state index contributed by atoms with van der Waals surface area (Å²) in [5, 5.41) is 0. The van der Waals surface area contributed by atoms with Gasteiger partial charge in [0.25, 0.3) is 5.91 Å². The van der Waals surface area contributed by atoms with Crippen molar-refractivity contribution >= 4 is 15.9 Å². The maximum Gasteiger partial charge on any atom is 0.253 e. The molecule has 4 rings (SSSR count). The molecule has 6 nitrogen and oxygen atoms in total. The van der Waals surface area contributed by atoms with E-state index in [9.17, 15) is 17.6 Å². The Balaban J connectivity index is 1.42. The van der Waals surface area contributed by atoms with Gasteiger partial charge < -0.3 is 9.64 Å². The number of rotatable bonds is 4. The van der Waals surface area contributed by atoms with Gasteiger partial charge in [-0.25, -0.2) is 12.8 Å². The second-order valence-electron chi connectivity index (χ2n) is 8.30. The summed E-state index contributed by atoms with van der Waals surface area (Å²) in [6.07, 6.45) is 5.92. The fourth-order valence-corrected chi connectivity index (χ4v) is 6.13. The molecule has 1 aromatic carbocycles. The highest BCUT2D eigenvalue weighted by atomic mass is 32.2. The van der Waals surface area contributed by atoms with E-state index in [0.717, 1.165) is 19.3 Å². The van der Waals surface area contributed by atoms with E-state index in [0.29, 0.717) is 44.5 Å². The summed E-state index contributed by atoms with van der Waals surface area (Å²) in [7, 11) is -3.24. The number of benzene rings is 1. The van der Waals surface area contributed by atoms with E-state index in [-0.39, 0.29) is 23.6 Å². The van der Waals surface area contributed by atoms with Crippen LogP contribution >= 0.6 is 0 Å². The number of carbonyl (C=O) groups excluding carboxylic acids is 1. The molecule has 1 spiro atoms. The molecule has 1 unspecified atom stereocenters. The number of hydrogen-bond donors (Lipinski definition) is 0. The maximum absolute atomic E-state index is 13.4. The van der Waals surface area contributed by atoms with Gasteiger partial charge in [0, 0.05) is 37.3 Å². The van der Waals surface area contributed by atoms with Crippen LogP contribution in [0.15, 0.2) is 24.3 Å². The molecule has 1 saturated carbocycles. The number of sulfonamides is 1. The van der Waals surface area contributed by atoms with E-state index in [1.807, 2.05) is 0 Å². The van der Waals surface area contributed by atoms with Crippen LogP contribution in [0.4, 0.5) is 4.39 Å². The molecule has 1 aliphatic carbocycles. The Kier molecular flexibility index (Phi) is 5.22. The first-order valence-electron chi connectivity index (χ1n) is 9.95. The van der Waals surface area contributed by atoms with E-state index in [1.165, 1.54) is 18.4 Å². The summed E-state index contributed by atoms with van der Waals surface area (Å²) in [5.74, 6) is -0.587. The lowest BCUT2D eigenvalue weighted by molar-refractivity contribution is -0.123. The third kappa shape index (κ3) is 4.09. The monoisotopic (exact) mass is 410 g/mol. The van der Waals surface area contributed by atoms with E-state index >= 15 is 0 Å². The number of nitrogens with zero attached hydrogens (tertiary/aromatic N) is 2. The smallest absolute Gasteiger partial charge is 0.253 e. The topological polar surface area (TPSA) is 66.9 Å². The molecular formula is C20H27FN2O4S. The Hall–Kier alpha value is -1.51. The maximum atomic E-state index is 13.4. The van der Waals surface area contributed by atoms with Gasteiger partial charge in [-0.3, -0.25) is 4.79 Å². The number of likely N-dealkylation sites (tertiary alicyclic amines) is 1. The van der Waals surface area contributed by atoms with Crippen LogP contribution in [0.3, 0.4) is 0 Å². The van der Waals surface area contributed by atoms with Crippen molar-refractivity contribution in [2.45, 2.75) is 56.2 Å². The number of carbonyl (C=O) groups is 1. The van der Waals surface area contributed by atoms with Crippen LogP contribution in [0.1, 0.15) is 48.9 Å². The van der Waals surface area contributed by atoms with E-state index in [2.05, 4.69) is 0 Å².